The van der Waals surface area contributed by atoms with Crippen molar-refractivity contribution in [2.75, 3.05) is 49.3 Å². The molecule has 3 aliphatic rings. The Morgan fingerprint density at radius 2 is 2.03 bits per heavy atom. The fraction of sp³-hybridized carbons (Fsp3) is 0.600. The Labute approximate surface area is 239 Å². The number of fused-ring (bicyclic) bond motifs is 1. The summed E-state index contributed by atoms with van der Waals surface area (Å²) in [4.78, 5) is 39.6. The largest absolute Gasteiger partial charge is 0.444 e. The smallest absolute Gasteiger partial charge is 0.411 e. The van der Waals surface area contributed by atoms with Crippen LogP contribution in [0.3, 0.4) is 0 Å². The molecule has 198 valence electrons. The topological polar surface area (TPSA) is 93.0 Å². The second kappa shape index (κ2) is 10.7. The first-order chi connectivity index (χ1) is 17.6. The third-order valence-corrected chi connectivity index (χ3v) is 10.0. The molecule has 12 heteroatoms. The molecule has 0 bridgehead atoms. The van der Waals surface area contributed by atoms with Gasteiger partial charge in [0.15, 0.2) is 5.13 Å². The van der Waals surface area contributed by atoms with Crippen molar-refractivity contribution in [3.63, 3.8) is 0 Å². The number of rotatable bonds is 3. The van der Waals surface area contributed by atoms with Crippen LogP contribution < -0.4 is 4.90 Å². The van der Waals surface area contributed by atoms with E-state index < -0.39 is 17.7 Å². The predicted molar refractivity (Wildman–Crippen MR) is 155 cm³/mol. The molecule has 4 heterocycles. The Balaban J connectivity index is 1.29. The number of hydrogen-bond acceptors (Lipinski definition) is 9. The minimum absolute atomic E-state index is 0.0354. The Bertz CT molecular complexity index is 1220. The molecule has 3 saturated heterocycles. The number of amides is 2. The molecule has 3 fully saturated rings. The van der Waals surface area contributed by atoms with E-state index in [-0.39, 0.29) is 16.0 Å². The first kappa shape index (κ1) is 26.8. The van der Waals surface area contributed by atoms with Crippen molar-refractivity contribution in [1.29, 1.82) is 5.26 Å². The SMILES string of the molecule is CC(C)(C)OC(=O)N1C[C@@H](N2CCN(c3nc4cc(C#N)ccc4s3)CC2I)C[C@H]1C(=O)N1CCSC1. The number of nitrogens with zero attached hydrogens (tertiary/aromatic N) is 6. The third-order valence-electron chi connectivity index (χ3n) is 6.86. The van der Waals surface area contributed by atoms with Gasteiger partial charge in [-0.2, -0.15) is 5.26 Å². The number of nitriles is 1. The van der Waals surface area contributed by atoms with Gasteiger partial charge in [0.25, 0.3) is 0 Å². The van der Waals surface area contributed by atoms with Gasteiger partial charge in [0.2, 0.25) is 5.91 Å². The number of alkyl halides is 1. The number of thioether (sulfide) groups is 1. The fourth-order valence-electron chi connectivity index (χ4n) is 5.07. The molecule has 5 rings (SSSR count). The average Bonchev–Trinajstić information content (AvgIpc) is 3.61. The van der Waals surface area contributed by atoms with E-state index in [1.807, 2.05) is 43.9 Å². The summed E-state index contributed by atoms with van der Waals surface area (Å²) in [5.74, 6) is 1.66. The highest BCUT2D eigenvalue weighted by Crippen LogP contribution is 2.34. The number of anilines is 1. The second-order valence-corrected chi connectivity index (χ2v) is 14.1. The maximum Gasteiger partial charge on any atom is 0.411 e. The molecular formula is C25H31IN6O3S2. The normalized spacial score (nSPS) is 25.1. The van der Waals surface area contributed by atoms with E-state index in [2.05, 4.69) is 38.5 Å². The van der Waals surface area contributed by atoms with Crippen molar-refractivity contribution in [3.8, 4) is 6.07 Å². The second-order valence-electron chi connectivity index (χ2n) is 10.6. The van der Waals surface area contributed by atoms with Crippen LogP contribution in [0.4, 0.5) is 9.93 Å². The van der Waals surface area contributed by atoms with Gasteiger partial charge in [-0.15, -0.1) is 11.8 Å². The maximum atomic E-state index is 13.4. The predicted octanol–water partition coefficient (Wildman–Crippen LogP) is 3.96. The van der Waals surface area contributed by atoms with Crippen LogP contribution >= 0.6 is 45.7 Å². The number of aromatic nitrogens is 1. The molecule has 0 radical (unpaired) electrons. The molecule has 3 aliphatic heterocycles. The molecule has 0 aliphatic carbocycles. The molecular weight excluding hydrogens is 623 g/mol. The van der Waals surface area contributed by atoms with Gasteiger partial charge in [-0.1, -0.05) is 33.9 Å². The van der Waals surface area contributed by atoms with Gasteiger partial charge < -0.3 is 14.5 Å². The minimum atomic E-state index is -0.616. The van der Waals surface area contributed by atoms with E-state index in [1.165, 1.54) is 0 Å². The van der Waals surface area contributed by atoms with E-state index in [1.54, 1.807) is 28.0 Å². The zero-order chi connectivity index (χ0) is 26.3. The first-order valence-corrected chi connectivity index (χ1v) is 15.7. The number of piperazine rings is 1. The molecule has 0 saturated carbocycles. The number of ether oxygens (including phenoxy) is 1. The summed E-state index contributed by atoms with van der Waals surface area (Å²) in [6, 6.07) is 7.42. The third kappa shape index (κ3) is 5.79. The Morgan fingerprint density at radius 3 is 2.70 bits per heavy atom. The van der Waals surface area contributed by atoms with Gasteiger partial charge in [0.05, 0.1) is 31.8 Å². The summed E-state index contributed by atoms with van der Waals surface area (Å²) < 4.78 is 6.98. The molecule has 1 aromatic heterocycles. The Kier molecular flexibility index (Phi) is 7.77. The van der Waals surface area contributed by atoms with Crippen molar-refractivity contribution in [3.05, 3.63) is 23.8 Å². The van der Waals surface area contributed by atoms with E-state index in [9.17, 15) is 14.9 Å². The molecule has 0 spiro atoms. The van der Waals surface area contributed by atoms with Gasteiger partial charge in [-0.05, 0) is 45.4 Å². The molecule has 1 unspecified atom stereocenters. The van der Waals surface area contributed by atoms with Gasteiger partial charge in [0, 0.05) is 44.5 Å². The summed E-state index contributed by atoms with van der Waals surface area (Å²) in [7, 11) is 0. The van der Waals surface area contributed by atoms with E-state index >= 15 is 0 Å². The highest BCUT2D eigenvalue weighted by molar-refractivity contribution is 14.1. The highest BCUT2D eigenvalue weighted by atomic mass is 127. The summed E-state index contributed by atoms with van der Waals surface area (Å²) in [5, 5.41) is 10.2. The number of halogens is 1. The van der Waals surface area contributed by atoms with Gasteiger partial charge >= 0.3 is 6.09 Å². The van der Waals surface area contributed by atoms with Crippen LogP contribution in [0.25, 0.3) is 10.2 Å². The average molecular weight is 655 g/mol. The lowest BCUT2D eigenvalue weighted by Crippen LogP contribution is -2.55. The molecule has 0 N–H and O–H groups in total. The Morgan fingerprint density at radius 1 is 1.22 bits per heavy atom. The number of carbonyl (C=O) groups excluding carboxylic acids is 2. The lowest BCUT2D eigenvalue weighted by atomic mass is 10.1. The lowest BCUT2D eigenvalue weighted by Gasteiger charge is -2.41. The number of carbonyl (C=O) groups is 2. The molecule has 9 nitrogen and oxygen atoms in total. The summed E-state index contributed by atoms with van der Waals surface area (Å²) >= 11 is 5.87. The zero-order valence-electron chi connectivity index (χ0n) is 21.2. The van der Waals surface area contributed by atoms with Crippen LogP contribution in [0.2, 0.25) is 0 Å². The van der Waals surface area contributed by atoms with E-state index in [0.717, 1.165) is 47.3 Å². The van der Waals surface area contributed by atoms with Crippen LogP contribution in [0.15, 0.2) is 18.2 Å². The van der Waals surface area contributed by atoms with Crippen molar-refractivity contribution in [2.45, 2.75) is 48.9 Å². The van der Waals surface area contributed by atoms with Crippen LogP contribution in [0.5, 0.6) is 0 Å². The van der Waals surface area contributed by atoms with Crippen LogP contribution in [0.1, 0.15) is 32.8 Å². The fourth-order valence-corrected chi connectivity index (χ4v) is 8.21. The number of thiazole rings is 1. The summed E-state index contributed by atoms with van der Waals surface area (Å²) in [6.45, 7) is 9.23. The first-order valence-electron chi connectivity index (χ1n) is 12.4. The van der Waals surface area contributed by atoms with Gasteiger partial charge in [0.1, 0.15) is 11.6 Å². The quantitative estimate of drug-likeness (QED) is 0.279. The van der Waals surface area contributed by atoms with Crippen LogP contribution in [-0.2, 0) is 9.53 Å². The highest BCUT2D eigenvalue weighted by Gasteiger charge is 2.46. The molecule has 3 atom stereocenters. The zero-order valence-corrected chi connectivity index (χ0v) is 25.0. The summed E-state index contributed by atoms with van der Waals surface area (Å²) in [5.41, 5.74) is 0.861. The minimum Gasteiger partial charge on any atom is -0.444 e. The van der Waals surface area contributed by atoms with Crippen molar-refractivity contribution in [2.24, 2.45) is 0 Å². The molecule has 2 aromatic rings. The standard InChI is InChI=1S/C25H31IN6O3S2/c1-25(2,3)35-24(34)32-13-17(11-19(32)22(33)30-8-9-36-15-30)31-7-6-29(14-21(31)26)23-28-18-10-16(12-27)4-5-20(18)37-23/h4-5,10,17,19,21H,6-9,11,13-15H2,1-3H3/t17-,19-,21?/m0/s1. The van der Waals surface area contributed by atoms with E-state index in [0.29, 0.717) is 24.4 Å². The molecule has 1 aromatic carbocycles. The lowest BCUT2D eigenvalue weighted by molar-refractivity contribution is -0.134. The van der Waals surface area contributed by atoms with Crippen molar-refractivity contribution < 1.29 is 14.3 Å². The monoisotopic (exact) mass is 654 g/mol. The van der Waals surface area contributed by atoms with Gasteiger partial charge in [-0.25, -0.2) is 9.78 Å². The number of likely N-dealkylation sites (tertiary alicyclic amines) is 1. The van der Waals surface area contributed by atoms with Crippen molar-refractivity contribution in [1.82, 2.24) is 19.7 Å². The van der Waals surface area contributed by atoms with E-state index in [4.69, 9.17) is 9.72 Å². The van der Waals surface area contributed by atoms with Crippen molar-refractivity contribution >= 4 is 73.0 Å². The van der Waals surface area contributed by atoms with Crippen LogP contribution in [0, 0.1) is 11.3 Å². The van der Waals surface area contributed by atoms with Crippen LogP contribution in [-0.4, -0.2) is 97.8 Å². The number of hydrogen-bond donors (Lipinski definition) is 0. The molecule has 37 heavy (non-hydrogen) atoms. The maximum absolute atomic E-state index is 13.4. The van der Waals surface area contributed by atoms with Gasteiger partial charge in [-0.3, -0.25) is 14.6 Å². The molecule has 2 amide bonds. The summed E-state index contributed by atoms with van der Waals surface area (Å²) in [6.07, 6.45) is 0.214. The Hall–Kier alpha value is -1.82. The number of benzene rings is 1.